The van der Waals surface area contributed by atoms with E-state index < -0.39 is 0 Å². The number of para-hydroxylation sites is 1. The minimum atomic E-state index is -0.0222. The number of carbonyl (C=O) groups excluding carboxylic acids is 2. The normalized spacial score (nSPS) is 20.2. The molecule has 1 heterocycles. The highest BCUT2D eigenvalue weighted by Gasteiger charge is 2.29. The van der Waals surface area contributed by atoms with Gasteiger partial charge in [-0.05, 0) is 19.1 Å². The molecule has 1 saturated heterocycles. The fraction of sp³-hybridized carbons (Fsp3) is 0.333. The van der Waals surface area contributed by atoms with E-state index in [2.05, 4.69) is 12.6 Å². The summed E-state index contributed by atoms with van der Waals surface area (Å²) >= 11 is 4.30. The highest BCUT2D eigenvalue weighted by molar-refractivity contribution is 7.81. The molecule has 1 atom stereocenters. The molecule has 0 bridgehead atoms. The summed E-state index contributed by atoms with van der Waals surface area (Å²) in [6.07, 6.45) is 0.440. The van der Waals surface area contributed by atoms with Crippen LogP contribution in [0.15, 0.2) is 24.3 Å². The Morgan fingerprint density at radius 3 is 2.69 bits per heavy atom. The summed E-state index contributed by atoms with van der Waals surface area (Å²) in [5.74, 6) is 0.0136. The third kappa shape index (κ3) is 1.97. The molecule has 0 radical (unpaired) electrons. The monoisotopic (exact) mass is 235 g/mol. The molecule has 1 aliphatic heterocycles. The van der Waals surface area contributed by atoms with Crippen LogP contribution in [0.25, 0.3) is 0 Å². The highest BCUT2D eigenvalue weighted by atomic mass is 32.1. The zero-order valence-corrected chi connectivity index (χ0v) is 9.91. The van der Waals surface area contributed by atoms with Gasteiger partial charge in [-0.3, -0.25) is 9.59 Å². The molecule has 3 nitrogen and oxygen atoms in total. The molecule has 2 rings (SSSR count). The van der Waals surface area contributed by atoms with Gasteiger partial charge in [0.1, 0.15) is 0 Å². The molecular weight excluding hydrogens is 222 g/mol. The van der Waals surface area contributed by atoms with Crippen LogP contribution in [0.3, 0.4) is 0 Å². The molecule has 1 amide bonds. The number of amides is 1. The van der Waals surface area contributed by atoms with E-state index >= 15 is 0 Å². The van der Waals surface area contributed by atoms with E-state index in [0.717, 1.165) is 0 Å². The van der Waals surface area contributed by atoms with E-state index in [4.69, 9.17) is 0 Å². The quantitative estimate of drug-likeness (QED) is 0.628. The Kier molecular flexibility index (Phi) is 3.01. The summed E-state index contributed by atoms with van der Waals surface area (Å²) in [5.41, 5.74) is 1.30. The lowest BCUT2D eigenvalue weighted by Crippen LogP contribution is -2.26. The first kappa shape index (κ1) is 11.2. The van der Waals surface area contributed by atoms with Crippen molar-refractivity contribution in [1.82, 2.24) is 0 Å². The number of anilines is 1. The molecule has 16 heavy (non-hydrogen) atoms. The van der Waals surface area contributed by atoms with Crippen LogP contribution in [-0.2, 0) is 4.79 Å². The van der Waals surface area contributed by atoms with Gasteiger partial charge in [0.25, 0.3) is 0 Å². The van der Waals surface area contributed by atoms with Gasteiger partial charge in [0, 0.05) is 23.8 Å². The van der Waals surface area contributed by atoms with E-state index in [-0.39, 0.29) is 16.9 Å². The second-order valence-corrected chi connectivity index (χ2v) is 4.67. The zero-order chi connectivity index (χ0) is 11.7. The number of ketones is 1. The van der Waals surface area contributed by atoms with Gasteiger partial charge >= 0.3 is 0 Å². The van der Waals surface area contributed by atoms with Gasteiger partial charge < -0.3 is 4.90 Å². The smallest absolute Gasteiger partial charge is 0.228 e. The van der Waals surface area contributed by atoms with E-state index in [9.17, 15) is 9.59 Å². The van der Waals surface area contributed by atoms with Crippen molar-refractivity contribution in [3.05, 3.63) is 29.8 Å². The number of hydrogen-bond donors (Lipinski definition) is 1. The maximum absolute atomic E-state index is 11.7. The van der Waals surface area contributed by atoms with Gasteiger partial charge in [-0.15, -0.1) is 0 Å². The standard InChI is InChI=1S/C12H13NO2S/c1-8(14)10-4-2-3-5-11(10)13-7-9(16)6-12(13)15/h2-5,9,16H,6-7H2,1H3. The van der Waals surface area contributed by atoms with Crippen LogP contribution in [0.5, 0.6) is 0 Å². The molecule has 0 N–H and O–H groups in total. The number of thiol groups is 1. The topological polar surface area (TPSA) is 37.4 Å². The predicted molar refractivity (Wildman–Crippen MR) is 66.2 cm³/mol. The minimum absolute atomic E-state index is 0.0222. The molecule has 0 saturated carbocycles. The summed E-state index contributed by atoms with van der Waals surface area (Å²) < 4.78 is 0. The fourth-order valence-electron chi connectivity index (χ4n) is 1.93. The van der Waals surface area contributed by atoms with Crippen LogP contribution in [-0.4, -0.2) is 23.5 Å². The first-order valence-corrected chi connectivity index (χ1v) is 5.69. The Balaban J connectivity index is 2.40. The van der Waals surface area contributed by atoms with Crippen molar-refractivity contribution in [2.45, 2.75) is 18.6 Å². The van der Waals surface area contributed by atoms with Gasteiger partial charge in [0.2, 0.25) is 5.91 Å². The number of nitrogens with zero attached hydrogens (tertiary/aromatic N) is 1. The highest BCUT2D eigenvalue weighted by Crippen LogP contribution is 2.27. The molecule has 0 aromatic heterocycles. The second-order valence-electron chi connectivity index (χ2n) is 3.94. The van der Waals surface area contributed by atoms with E-state index in [1.54, 1.807) is 23.1 Å². The van der Waals surface area contributed by atoms with Crippen LogP contribution in [0.1, 0.15) is 23.7 Å². The molecule has 0 spiro atoms. The van der Waals surface area contributed by atoms with Gasteiger partial charge in [0.15, 0.2) is 5.78 Å². The molecule has 0 aliphatic carbocycles. The van der Waals surface area contributed by atoms with Crippen molar-refractivity contribution in [3.63, 3.8) is 0 Å². The fourth-order valence-corrected chi connectivity index (χ4v) is 2.25. The van der Waals surface area contributed by atoms with Crippen molar-refractivity contribution in [3.8, 4) is 0 Å². The van der Waals surface area contributed by atoms with Crippen molar-refractivity contribution in [1.29, 1.82) is 0 Å². The zero-order valence-electron chi connectivity index (χ0n) is 9.01. The number of rotatable bonds is 2. The van der Waals surface area contributed by atoms with Crippen molar-refractivity contribution in [2.24, 2.45) is 0 Å². The van der Waals surface area contributed by atoms with Gasteiger partial charge in [-0.25, -0.2) is 0 Å². The molecular formula is C12H13NO2S. The summed E-state index contributed by atoms with van der Waals surface area (Å²) in [5, 5.41) is 0.0625. The SMILES string of the molecule is CC(=O)c1ccccc1N1CC(S)CC1=O. The Hall–Kier alpha value is -1.29. The molecule has 84 valence electrons. The minimum Gasteiger partial charge on any atom is -0.311 e. The largest absolute Gasteiger partial charge is 0.311 e. The third-order valence-electron chi connectivity index (χ3n) is 2.68. The predicted octanol–water partition coefficient (Wildman–Crippen LogP) is 1.92. The summed E-state index contributed by atoms with van der Waals surface area (Å²) in [6, 6.07) is 7.19. The second kappa shape index (κ2) is 4.29. The lowest BCUT2D eigenvalue weighted by molar-refractivity contribution is -0.117. The molecule has 1 aromatic carbocycles. The van der Waals surface area contributed by atoms with Gasteiger partial charge in [0.05, 0.1) is 5.69 Å². The van der Waals surface area contributed by atoms with Gasteiger partial charge in [-0.1, -0.05) is 12.1 Å². The van der Waals surface area contributed by atoms with Crippen LogP contribution in [0.4, 0.5) is 5.69 Å². The first-order valence-electron chi connectivity index (χ1n) is 5.18. The van der Waals surface area contributed by atoms with E-state index in [1.807, 2.05) is 6.07 Å². The summed E-state index contributed by atoms with van der Waals surface area (Å²) in [6.45, 7) is 2.09. The Labute approximate surface area is 99.9 Å². The Morgan fingerprint density at radius 1 is 1.44 bits per heavy atom. The summed E-state index contributed by atoms with van der Waals surface area (Å²) in [4.78, 5) is 24.8. The van der Waals surface area contributed by atoms with Crippen LogP contribution in [0, 0.1) is 0 Å². The van der Waals surface area contributed by atoms with Crippen molar-refractivity contribution in [2.75, 3.05) is 11.4 Å². The molecule has 1 aliphatic rings. The van der Waals surface area contributed by atoms with Crippen molar-refractivity contribution >= 4 is 30.0 Å². The Bertz CT molecular complexity index is 444. The lowest BCUT2D eigenvalue weighted by atomic mass is 10.1. The van der Waals surface area contributed by atoms with E-state index in [1.165, 1.54) is 6.92 Å². The number of Topliss-reactive ketones (excluding diaryl/α,β-unsaturated/α-hetero) is 1. The van der Waals surface area contributed by atoms with Crippen molar-refractivity contribution < 1.29 is 9.59 Å². The van der Waals surface area contributed by atoms with Crippen LogP contribution >= 0.6 is 12.6 Å². The molecule has 1 fully saturated rings. The van der Waals surface area contributed by atoms with Crippen LogP contribution in [0.2, 0.25) is 0 Å². The average molecular weight is 235 g/mol. The maximum Gasteiger partial charge on any atom is 0.228 e. The molecule has 1 aromatic rings. The number of hydrogen-bond acceptors (Lipinski definition) is 3. The first-order chi connectivity index (χ1) is 7.59. The van der Waals surface area contributed by atoms with Gasteiger partial charge in [-0.2, -0.15) is 12.6 Å². The molecule has 4 heteroatoms. The van der Waals surface area contributed by atoms with E-state index in [0.29, 0.717) is 24.2 Å². The average Bonchev–Trinajstić information content (AvgIpc) is 2.57. The number of benzene rings is 1. The maximum atomic E-state index is 11.7. The Morgan fingerprint density at radius 2 is 2.12 bits per heavy atom. The molecule has 1 unspecified atom stereocenters. The summed E-state index contributed by atoms with van der Waals surface area (Å²) in [7, 11) is 0. The number of carbonyl (C=O) groups is 2. The third-order valence-corrected chi connectivity index (χ3v) is 3.02. The lowest BCUT2D eigenvalue weighted by Gasteiger charge is -2.18. The van der Waals surface area contributed by atoms with Crippen LogP contribution < -0.4 is 4.90 Å².